The maximum Gasteiger partial charge on any atom is 0.500 e. The highest BCUT2D eigenvalue weighted by molar-refractivity contribution is 6.61. The van der Waals surface area contributed by atoms with E-state index >= 15 is 0 Å². The predicted octanol–water partition coefficient (Wildman–Crippen LogP) is 3.06. The zero-order valence-electron chi connectivity index (χ0n) is 17.7. The lowest BCUT2D eigenvalue weighted by atomic mass is 10.4. The van der Waals surface area contributed by atoms with E-state index in [1.54, 1.807) is 7.11 Å². The van der Waals surface area contributed by atoms with Gasteiger partial charge in [-0.3, -0.25) is 0 Å². The van der Waals surface area contributed by atoms with Gasteiger partial charge >= 0.3 is 17.6 Å². The molecule has 0 spiro atoms. The minimum absolute atomic E-state index is 0.618. The summed E-state index contributed by atoms with van der Waals surface area (Å²) in [6.45, 7) is 14.8. The topological polar surface area (TPSA) is 67.4 Å². The van der Waals surface area contributed by atoms with Crippen molar-refractivity contribution in [2.75, 3.05) is 53.2 Å². The van der Waals surface area contributed by atoms with E-state index < -0.39 is 17.6 Å². The minimum atomic E-state index is -2.51. The van der Waals surface area contributed by atoms with E-state index in [0.29, 0.717) is 33.0 Å². The number of hydrogen-bond donors (Lipinski definition) is 1. The molecule has 1 N–H and O–H groups in total. The normalized spacial score (nSPS) is 12.7. The second-order valence-corrected chi connectivity index (χ2v) is 11.3. The Labute approximate surface area is 162 Å². The summed E-state index contributed by atoms with van der Waals surface area (Å²) in [7, 11) is -3.32. The molecule has 158 valence electrons. The second-order valence-electron chi connectivity index (χ2n) is 5.69. The fourth-order valence-corrected chi connectivity index (χ4v) is 7.75. The highest BCUT2D eigenvalue weighted by Crippen LogP contribution is 2.18. The van der Waals surface area contributed by atoms with Crippen LogP contribution in [0.15, 0.2) is 0 Å². The van der Waals surface area contributed by atoms with Crippen molar-refractivity contribution in [3.8, 4) is 0 Å². The van der Waals surface area contributed by atoms with E-state index in [2.05, 4.69) is 5.32 Å². The molecule has 0 amide bonds. The quantitative estimate of drug-likeness (QED) is 0.259. The van der Waals surface area contributed by atoms with Gasteiger partial charge in [-0.2, -0.15) is 0 Å². The minimum Gasteiger partial charge on any atom is -0.377 e. The van der Waals surface area contributed by atoms with Crippen LogP contribution in [-0.4, -0.2) is 70.8 Å². The molecular weight excluding hydrogens is 370 g/mol. The van der Waals surface area contributed by atoms with Crippen molar-refractivity contribution in [1.29, 1.82) is 0 Å². The fraction of sp³-hybridized carbons (Fsp3) is 1.00. The van der Waals surface area contributed by atoms with Crippen LogP contribution in [0.3, 0.4) is 0 Å². The molecule has 7 nitrogen and oxygen atoms in total. The Morgan fingerprint density at radius 1 is 0.577 bits per heavy atom. The Morgan fingerprint density at radius 3 is 1.27 bits per heavy atom. The SMILES string of the molecule is CCO[Si](CCCNCCC[Si](OCC)(OCC)OCC)(OC)OCC. The summed E-state index contributed by atoms with van der Waals surface area (Å²) < 4.78 is 34.8. The van der Waals surface area contributed by atoms with Crippen LogP contribution < -0.4 is 5.32 Å². The highest BCUT2D eigenvalue weighted by Gasteiger charge is 2.40. The van der Waals surface area contributed by atoms with Gasteiger partial charge in [-0.05, 0) is 60.5 Å². The van der Waals surface area contributed by atoms with Crippen molar-refractivity contribution in [3.63, 3.8) is 0 Å². The zero-order chi connectivity index (χ0) is 19.7. The third kappa shape index (κ3) is 10.5. The van der Waals surface area contributed by atoms with E-state index in [-0.39, 0.29) is 0 Å². The lowest BCUT2D eigenvalue weighted by Gasteiger charge is -2.28. The van der Waals surface area contributed by atoms with Gasteiger partial charge in [0.05, 0.1) is 0 Å². The lowest BCUT2D eigenvalue weighted by Crippen LogP contribution is -2.46. The van der Waals surface area contributed by atoms with Crippen molar-refractivity contribution in [2.45, 2.75) is 59.5 Å². The van der Waals surface area contributed by atoms with Crippen LogP contribution in [0.5, 0.6) is 0 Å². The van der Waals surface area contributed by atoms with Gasteiger partial charge in [0.25, 0.3) is 0 Å². The molecule has 0 atom stereocenters. The number of hydrogen-bond acceptors (Lipinski definition) is 7. The van der Waals surface area contributed by atoms with Crippen LogP contribution in [0, 0.1) is 0 Å². The molecule has 0 aliphatic rings. The van der Waals surface area contributed by atoms with Crippen LogP contribution in [0.2, 0.25) is 12.1 Å². The molecule has 26 heavy (non-hydrogen) atoms. The van der Waals surface area contributed by atoms with E-state index in [4.69, 9.17) is 26.6 Å². The van der Waals surface area contributed by atoms with Crippen LogP contribution in [0.25, 0.3) is 0 Å². The van der Waals surface area contributed by atoms with E-state index in [9.17, 15) is 0 Å². The molecule has 0 saturated heterocycles. The smallest absolute Gasteiger partial charge is 0.377 e. The van der Waals surface area contributed by atoms with Gasteiger partial charge < -0.3 is 31.9 Å². The molecule has 0 aliphatic heterocycles. The van der Waals surface area contributed by atoms with Crippen LogP contribution in [0.4, 0.5) is 0 Å². The summed E-state index contributed by atoms with van der Waals surface area (Å²) in [4.78, 5) is 0. The molecule has 0 saturated carbocycles. The Balaban J connectivity index is 4.16. The summed E-state index contributed by atoms with van der Waals surface area (Å²) in [5.74, 6) is 0. The lowest BCUT2D eigenvalue weighted by molar-refractivity contribution is 0.0708. The molecule has 0 aliphatic carbocycles. The van der Waals surface area contributed by atoms with Crippen molar-refractivity contribution >= 4 is 17.6 Å². The van der Waals surface area contributed by atoms with Crippen LogP contribution in [0.1, 0.15) is 47.5 Å². The van der Waals surface area contributed by atoms with Gasteiger partial charge in [0.1, 0.15) is 0 Å². The van der Waals surface area contributed by atoms with Gasteiger partial charge in [-0.15, -0.1) is 0 Å². The van der Waals surface area contributed by atoms with Gasteiger partial charge in [0, 0.05) is 52.2 Å². The first-order chi connectivity index (χ1) is 12.6. The Bertz CT molecular complexity index is 303. The third-order valence-corrected chi connectivity index (χ3v) is 10.0. The predicted molar refractivity (Wildman–Crippen MR) is 108 cm³/mol. The largest absolute Gasteiger partial charge is 0.500 e. The molecule has 9 heteroatoms. The summed E-state index contributed by atoms with van der Waals surface area (Å²) >= 11 is 0. The van der Waals surface area contributed by atoms with Crippen molar-refractivity contribution in [3.05, 3.63) is 0 Å². The average molecular weight is 412 g/mol. The van der Waals surface area contributed by atoms with Crippen molar-refractivity contribution in [2.24, 2.45) is 0 Å². The van der Waals surface area contributed by atoms with Crippen LogP contribution >= 0.6 is 0 Å². The molecule has 0 aromatic carbocycles. The highest BCUT2D eigenvalue weighted by atomic mass is 28.4. The molecular formula is C17H41NO6Si2. The maximum absolute atomic E-state index is 5.87. The summed E-state index contributed by atoms with van der Waals surface area (Å²) in [6, 6.07) is 1.66. The third-order valence-electron chi connectivity index (χ3n) is 3.81. The van der Waals surface area contributed by atoms with Crippen molar-refractivity contribution < 1.29 is 26.6 Å². The first kappa shape index (κ1) is 26.2. The molecule has 0 rings (SSSR count). The standard InChI is InChI=1S/C17H41NO6Si2/c1-7-20-25(19-6,21-8-2)16-12-14-18-15-13-17-26(22-9-3,23-10-4)24-11-5/h18H,7-17H2,1-6H3. The van der Waals surface area contributed by atoms with Crippen LogP contribution in [-0.2, 0) is 26.6 Å². The molecule has 0 aromatic heterocycles. The molecule has 0 fully saturated rings. The maximum atomic E-state index is 5.87. The van der Waals surface area contributed by atoms with E-state index in [1.165, 1.54) is 0 Å². The second kappa shape index (κ2) is 16.1. The average Bonchev–Trinajstić information content (AvgIpc) is 2.62. The first-order valence-electron chi connectivity index (χ1n) is 10.0. The molecule has 0 bridgehead atoms. The van der Waals surface area contributed by atoms with Gasteiger partial charge in [0.15, 0.2) is 0 Å². The number of rotatable bonds is 19. The molecule has 0 unspecified atom stereocenters. The van der Waals surface area contributed by atoms with E-state index in [0.717, 1.165) is 38.0 Å². The molecule has 0 aromatic rings. The Morgan fingerprint density at radius 2 is 0.923 bits per heavy atom. The summed E-state index contributed by atoms with van der Waals surface area (Å²) in [6.07, 6.45) is 1.93. The van der Waals surface area contributed by atoms with Crippen molar-refractivity contribution in [1.82, 2.24) is 5.32 Å². The Hall–Kier alpha value is 0.154. The summed E-state index contributed by atoms with van der Waals surface area (Å²) in [5.41, 5.74) is 0. The summed E-state index contributed by atoms with van der Waals surface area (Å²) in [5, 5.41) is 3.48. The zero-order valence-corrected chi connectivity index (χ0v) is 19.7. The Kier molecular flexibility index (Phi) is 16.2. The molecule has 0 radical (unpaired) electrons. The molecule has 0 heterocycles. The first-order valence-corrected chi connectivity index (χ1v) is 13.9. The van der Waals surface area contributed by atoms with Gasteiger partial charge in [-0.25, -0.2) is 0 Å². The monoisotopic (exact) mass is 411 g/mol. The van der Waals surface area contributed by atoms with Gasteiger partial charge in [0.2, 0.25) is 0 Å². The fourth-order valence-electron chi connectivity index (χ4n) is 2.83. The van der Waals surface area contributed by atoms with Gasteiger partial charge in [-0.1, -0.05) is 0 Å². The van der Waals surface area contributed by atoms with E-state index in [1.807, 2.05) is 34.6 Å². The number of nitrogens with one attached hydrogen (secondary N) is 1.